The first-order valence-corrected chi connectivity index (χ1v) is 4.20. The summed E-state index contributed by atoms with van der Waals surface area (Å²) in [6, 6.07) is -0.397. The van der Waals surface area contributed by atoms with Crippen LogP contribution >= 0.6 is 0 Å². The Morgan fingerprint density at radius 1 is 1.54 bits per heavy atom. The summed E-state index contributed by atoms with van der Waals surface area (Å²) < 4.78 is 0. The number of nitrogens with one attached hydrogen (secondary N) is 1. The van der Waals surface area contributed by atoms with E-state index in [0.29, 0.717) is 6.54 Å². The quantitative estimate of drug-likeness (QED) is 0.612. The molecule has 0 rings (SSSR count). The third-order valence-corrected chi connectivity index (χ3v) is 1.92. The maximum absolute atomic E-state index is 11.1. The van der Waals surface area contributed by atoms with Crippen LogP contribution in [0.1, 0.15) is 13.8 Å². The van der Waals surface area contributed by atoms with Gasteiger partial charge >= 0.3 is 5.97 Å². The summed E-state index contributed by atoms with van der Waals surface area (Å²) in [5.41, 5.74) is 0. The van der Waals surface area contributed by atoms with Crippen molar-refractivity contribution in [3.8, 4) is 0 Å². The predicted octanol–water partition coefficient (Wildman–Crippen LogP) is -0.473. The molecule has 76 valence electrons. The number of amides is 1. The van der Waals surface area contributed by atoms with Gasteiger partial charge in [-0.05, 0) is 13.5 Å². The monoisotopic (exact) mass is 188 g/mol. The molecule has 0 saturated heterocycles. The Hall–Kier alpha value is -1.10. The lowest BCUT2D eigenvalue weighted by atomic mass is 10.2. The SMILES string of the molecule is CCN(CC(=O)O)C(C)C(=O)NC. The van der Waals surface area contributed by atoms with Crippen molar-refractivity contribution in [2.75, 3.05) is 20.1 Å². The van der Waals surface area contributed by atoms with Crippen LogP contribution in [-0.4, -0.2) is 48.1 Å². The van der Waals surface area contributed by atoms with Crippen molar-refractivity contribution in [1.82, 2.24) is 10.2 Å². The van der Waals surface area contributed by atoms with E-state index in [1.807, 2.05) is 6.92 Å². The molecule has 5 heteroatoms. The summed E-state index contributed by atoms with van der Waals surface area (Å²) >= 11 is 0. The van der Waals surface area contributed by atoms with Crippen molar-refractivity contribution < 1.29 is 14.7 Å². The number of hydrogen-bond donors (Lipinski definition) is 2. The van der Waals surface area contributed by atoms with E-state index in [-0.39, 0.29) is 12.5 Å². The molecule has 5 nitrogen and oxygen atoms in total. The fourth-order valence-electron chi connectivity index (χ4n) is 1.07. The summed E-state index contributed by atoms with van der Waals surface area (Å²) in [7, 11) is 1.54. The minimum atomic E-state index is -0.919. The molecule has 0 heterocycles. The number of carboxylic acid groups (broad SMARTS) is 1. The van der Waals surface area contributed by atoms with Crippen LogP contribution in [0.4, 0.5) is 0 Å². The lowest BCUT2D eigenvalue weighted by Gasteiger charge is -2.24. The lowest BCUT2D eigenvalue weighted by Crippen LogP contribution is -2.46. The molecule has 2 N–H and O–H groups in total. The molecule has 0 aromatic heterocycles. The van der Waals surface area contributed by atoms with E-state index >= 15 is 0 Å². The van der Waals surface area contributed by atoms with Crippen LogP contribution in [0.25, 0.3) is 0 Å². The first-order valence-electron chi connectivity index (χ1n) is 4.20. The first-order chi connectivity index (χ1) is 6.02. The van der Waals surface area contributed by atoms with E-state index in [2.05, 4.69) is 5.32 Å². The molecule has 0 aliphatic heterocycles. The van der Waals surface area contributed by atoms with Crippen LogP contribution in [0, 0.1) is 0 Å². The Kier molecular flexibility index (Phi) is 5.06. The van der Waals surface area contributed by atoms with Crippen molar-refractivity contribution in [1.29, 1.82) is 0 Å². The molecule has 0 aliphatic carbocycles. The average molecular weight is 188 g/mol. The van der Waals surface area contributed by atoms with Gasteiger partial charge in [0.2, 0.25) is 5.91 Å². The van der Waals surface area contributed by atoms with Crippen LogP contribution in [0.2, 0.25) is 0 Å². The number of carboxylic acids is 1. The smallest absolute Gasteiger partial charge is 0.317 e. The van der Waals surface area contributed by atoms with Gasteiger partial charge in [0, 0.05) is 7.05 Å². The summed E-state index contributed by atoms with van der Waals surface area (Å²) in [6.07, 6.45) is 0. The van der Waals surface area contributed by atoms with Gasteiger partial charge in [0.05, 0.1) is 12.6 Å². The van der Waals surface area contributed by atoms with Crippen LogP contribution in [0.3, 0.4) is 0 Å². The van der Waals surface area contributed by atoms with Gasteiger partial charge in [-0.1, -0.05) is 6.92 Å². The highest BCUT2D eigenvalue weighted by Gasteiger charge is 2.20. The van der Waals surface area contributed by atoms with Gasteiger partial charge in [0.1, 0.15) is 0 Å². The fraction of sp³-hybridized carbons (Fsp3) is 0.750. The predicted molar refractivity (Wildman–Crippen MR) is 48.4 cm³/mol. The molecule has 0 saturated carbocycles. The van der Waals surface area contributed by atoms with E-state index in [9.17, 15) is 9.59 Å². The summed E-state index contributed by atoms with van der Waals surface area (Å²) in [5.74, 6) is -1.08. The van der Waals surface area contributed by atoms with Crippen molar-refractivity contribution in [2.45, 2.75) is 19.9 Å². The Balaban J connectivity index is 4.22. The van der Waals surface area contributed by atoms with E-state index in [1.165, 1.54) is 7.05 Å². The largest absolute Gasteiger partial charge is 0.480 e. The van der Waals surface area contributed by atoms with Crippen molar-refractivity contribution in [3.05, 3.63) is 0 Å². The number of aliphatic carboxylic acids is 1. The Morgan fingerprint density at radius 3 is 2.38 bits per heavy atom. The van der Waals surface area contributed by atoms with Gasteiger partial charge in [-0.25, -0.2) is 0 Å². The number of likely N-dealkylation sites (N-methyl/N-ethyl adjacent to an activating group) is 2. The van der Waals surface area contributed by atoms with Gasteiger partial charge < -0.3 is 10.4 Å². The third kappa shape index (κ3) is 3.89. The van der Waals surface area contributed by atoms with Crippen LogP contribution in [-0.2, 0) is 9.59 Å². The molecule has 0 aromatic rings. The molecular weight excluding hydrogens is 172 g/mol. The van der Waals surface area contributed by atoms with E-state index in [0.717, 1.165) is 0 Å². The minimum absolute atomic E-state index is 0.106. The van der Waals surface area contributed by atoms with Crippen LogP contribution < -0.4 is 5.32 Å². The second-order valence-electron chi connectivity index (χ2n) is 2.75. The van der Waals surface area contributed by atoms with E-state index in [4.69, 9.17) is 5.11 Å². The molecule has 0 bridgehead atoms. The standard InChI is InChI=1S/C8H16N2O3/c1-4-10(5-7(11)12)6(2)8(13)9-3/h6H,4-5H2,1-3H3,(H,9,13)(H,11,12). The molecule has 1 amide bonds. The Labute approximate surface area is 77.7 Å². The number of nitrogens with zero attached hydrogens (tertiary/aromatic N) is 1. The second-order valence-corrected chi connectivity index (χ2v) is 2.75. The summed E-state index contributed by atoms with van der Waals surface area (Å²) in [6.45, 7) is 3.94. The minimum Gasteiger partial charge on any atom is -0.480 e. The zero-order chi connectivity index (χ0) is 10.4. The second kappa shape index (κ2) is 5.53. The number of carbonyl (C=O) groups excluding carboxylic acids is 1. The highest BCUT2D eigenvalue weighted by atomic mass is 16.4. The zero-order valence-electron chi connectivity index (χ0n) is 8.20. The fourth-order valence-corrected chi connectivity index (χ4v) is 1.07. The van der Waals surface area contributed by atoms with Gasteiger partial charge in [0.25, 0.3) is 0 Å². The maximum atomic E-state index is 11.1. The first kappa shape index (κ1) is 11.9. The average Bonchev–Trinajstić information content (AvgIpc) is 2.11. The molecule has 1 atom stereocenters. The van der Waals surface area contributed by atoms with Gasteiger partial charge in [-0.15, -0.1) is 0 Å². The maximum Gasteiger partial charge on any atom is 0.317 e. The van der Waals surface area contributed by atoms with Crippen LogP contribution in [0.5, 0.6) is 0 Å². The molecular formula is C8H16N2O3. The van der Waals surface area contributed by atoms with Gasteiger partial charge in [0.15, 0.2) is 0 Å². The Morgan fingerprint density at radius 2 is 2.08 bits per heavy atom. The Bertz CT molecular complexity index is 194. The lowest BCUT2D eigenvalue weighted by molar-refractivity contribution is -0.139. The van der Waals surface area contributed by atoms with E-state index in [1.54, 1.807) is 11.8 Å². The highest BCUT2D eigenvalue weighted by Crippen LogP contribution is 1.97. The molecule has 0 radical (unpaired) electrons. The summed E-state index contributed by atoms with van der Waals surface area (Å²) in [4.78, 5) is 23.1. The normalized spacial score (nSPS) is 12.6. The van der Waals surface area contributed by atoms with Gasteiger partial charge in [-0.2, -0.15) is 0 Å². The molecule has 0 fully saturated rings. The topological polar surface area (TPSA) is 69.6 Å². The van der Waals surface area contributed by atoms with Gasteiger partial charge in [-0.3, -0.25) is 14.5 Å². The zero-order valence-corrected chi connectivity index (χ0v) is 8.20. The summed E-state index contributed by atoms with van der Waals surface area (Å²) in [5, 5.41) is 11.0. The highest BCUT2D eigenvalue weighted by molar-refractivity contribution is 5.81. The molecule has 0 spiro atoms. The van der Waals surface area contributed by atoms with Crippen molar-refractivity contribution in [3.63, 3.8) is 0 Å². The molecule has 0 aliphatic rings. The van der Waals surface area contributed by atoms with E-state index < -0.39 is 12.0 Å². The van der Waals surface area contributed by atoms with Crippen molar-refractivity contribution in [2.24, 2.45) is 0 Å². The third-order valence-electron chi connectivity index (χ3n) is 1.92. The van der Waals surface area contributed by atoms with Crippen molar-refractivity contribution >= 4 is 11.9 Å². The number of carbonyl (C=O) groups is 2. The number of rotatable bonds is 5. The molecule has 0 aromatic carbocycles. The van der Waals surface area contributed by atoms with Crippen LogP contribution in [0.15, 0.2) is 0 Å². The number of hydrogen-bond acceptors (Lipinski definition) is 3. The molecule has 13 heavy (non-hydrogen) atoms. The molecule has 1 unspecified atom stereocenters.